The van der Waals surface area contributed by atoms with Crippen LogP contribution in [-0.4, -0.2) is 19.1 Å². The van der Waals surface area contributed by atoms with E-state index in [4.69, 9.17) is 4.74 Å². The van der Waals surface area contributed by atoms with Gasteiger partial charge in [-0.3, -0.25) is 4.79 Å². The Morgan fingerprint density at radius 2 is 2.27 bits per heavy atom. The van der Waals surface area contributed by atoms with Crippen molar-refractivity contribution in [3.63, 3.8) is 0 Å². The summed E-state index contributed by atoms with van der Waals surface area (Å²) in [6.07, 6.45) is 2.06. The lowest BCUT2D eigenvalue weighted by molar-refractivity contribution is 0.0950. The zero-order valence-electron chi connectivity index (χ0n) is 8.42. The van der Waals surface area contributed by atoms with Crippen LogP contribution >= 0.6 is 0 Å². The largest absolute Gasteiger partial charge is 0.494 e. The van der Waals surface area contributed by atoms with Gasteiger partial charge >= 0.3 is 0 Å². The van der Waals surface area contributed by atoms with Crippen molar-refractivity contribution in [1.29, 1.82) is 0 Å². The molecule has 3 nitrogen and oxygen atoms in total. The molecule has 1 fully saturated rings. The highest BCUT2D eigenvalue weighted by molar-refractivity contribution is 5.94. The number of carbonyl (C=O) groups is 1. The Bertz CT molecular complexity index is 388. The third kappa shape index (κ3) is 2.26. The first-order valence-electron chi connectivity index (χ1n) is 4.85. The number of amides is 1. The van der Waals surface area contributed by atoms with Crippen LogP contribution in [0.2, 0.25) is 0 Å². The Hall–Kier alpha value is -1.58. The van der Waals surface area contributed by atoms with Crippen LogP contribution in [0.5, 0.6) is 5.75 Å². The van der Waals surface area contributed by atoms with E-state index in [9.17, 15) is 9.18 Å². The smallest absolute Gasteiger partial charge is 0.251 e. The minimum Gasteiger partial charge on any atom is -0.494 e. The van der Waals surface area contributed by atoms with Gasteiger partial charge < -0.3 is 10.1 Å². The first-order valence-corrected chi connectivity index (χ1v) is 4.85. The summed E-state index contributed by atoms with van der Waals surface area (Å²) in [6, 6.07) is 4.40. The molecule has 1 aromatic rings. The quantitative estimate of drug-likeness (QED) is 0.823. The molecule has 0 heterocycles. The molecule has 0 spiro atoms. The molecule has 0 aromatic heterocycles. The minimum atomic E-state index is -0.458. The maximum atomic E-state index is 13.1. The number of ether oxygens (including phenoxy) is 1. The highest BCUT2D eigenvalue weighted by Crippen LogP contribution is 2.21. The molecule has 0 aliphatic heterocycles. The fraction of sp³-hybridized carbons (Fsp3) is 0.364. The second kappa shape index (κ2) is 3.88. The van der Waals surface area contributed by atoms with Gasteiger partial charge in [0.05, 0.1) is 7.11 Å². The topological polar surface area (TPSA) is 38.3 Å². The third-order valence-electron chi connectivity index (χ3n) is 2.33. The van der Waals surface area contributed by atoms with Crippen LogP contribution in [0.4, 0.5) is 4.39 Å². The highest BCUT2D eigenvalue weighted by Gasteiger charge is 2.24. The number of carbonyl (C=O) groups excluding carboxylic acids is 1. The van der Waals surface area contributed by atoms with Gasteiger partial charge in [0, 0.05) is 11.6 Å². The Morgan fingerprint density at radius 3 is 2.87 bits per heavy atom. The van der Waals surface area contributed by atoms with E-state index in [-0.39, 0.29) is 11.7 Å². The van der Waals surface area contributed by atoms with Crippen LogP contribution in [0.1, 0.15) is 23.2 Å². The second-order valence-electron chi connectivity index (χ2n) is 3.60. The first-order chi connectivity index (χ1) is 7.20. The van der Waals surface area contributed by atoms with Gasteiger partial charge in [-0.25, -0.2) is 4.39 Å². The van der Waals surface area contributed by atoms with Crippen molar-refractivity contribution >= 4 is 5.91 Å². The summed E-state index contributed by atoms with van der Waals surface area (Å²) in [4.78, 5) is 11.6. The lowest BCUT2D eigenvalue weighted by atomic mass is 10.2. The normalized spacial score (nSPS) is 14.8. The molecule has 1 saturated carbocycles. The van der Waals surface area contributed by atoms with E-state index in [0.717, 1.165) is 12.8 Å². The van der Waals surface area contributed by atoms with E-state index < -0.39 is 5.82 Å². The zero-order valence-corrected chi connectivity index (χ0v) is 8.42. The number of methoxy groups -OCH3 is 1. The molecular weight excluding hydrogens is 197 g/mol. The SMILES string of the molecule is COc1cc(C(=O)NC2CC2)ccc1F. The summed E-state index contributed by atoms with van der Waals surface area (Å²) in [5.41, 5.74) is 0.431. The van der Waals surface area contributed by atoms with Gasteiger partial charge in [-0.05, 0) is 31.0 Å². The van der Waals surface area contributed by atoms with Gasteiger partial charge in [0.2, 0.25) is 0 Å². The van der Waals surface area contributed by atoms with Crippen LogP contribution in [0.25, 0.3) is 0 Å². The van der Waals surface area contributed by atoms with E-state index >= 15 is 0 Å². The molecule has 80 valence electrons. The molecule has 0 saturated heterocycles. The molecule has 0 radical (unpaired) electrons. The molecule has 1 amide bonds. The molecule has 1 N–H and O–H groups in total. The van der Waals surface area contributed by atoms with Gasteiger partial charge in [0.25, 0.3) is 5.91 Å². The van der Waals surface area contributed by atoms with E-state index in [2.05, 4.69) is 5.32 Å². The lowest BCUT2D eigenvalue weighted by Gasteiger charge is -2.06. The first kappa shape index (κ1) is 9.96. The number of halogens is 1. The Morgan fingerprint density at radius 1 is 1.53 bits per heavy atom. The second-order valence-corrected chi connectivity index (χ2v) is 3.60. The van der Waals surface area contributed by atoms with E-state index in [1.165, 1.54) is 25.3 Å². The van der Waals surface area contributed by atoms with Crippen molar-refractivity contribution in [1.82, 2.24) is 5.32 Å². The van der Waals surface area contributed by atoms with Crippen molar-refractivity contribution in [3.05, 3.63) is 29.6 Å². The van der Waals surface area contributed by atoms with Crippen LogP contribution < -0.4 is 10.1 Å². The maximum Gasteiger partial charge on any atom is 0.251 e. The monoisotopic (exact) mass is 209 g/mol. The summed E-state index contributed by atoms with van der Waals surface area (Å²) in [6.45, 7) is 0. The standard InChI is InChI=1S/C11H12FNO2/c1-15-10-6-7(2-5-9(10)12)11(14)13-8-3-4-8/h2,5-6,8H,3-4H2,1H3,(H,13,14). The van der Waals surface area contributed by atoms with Crippen LogP contribution in [0.15, 0.2) is 18.2 Å². The molecular formula is C11H12FNO2. The molecule has 2 rings (SSSR count). The van der Waals surface area contributed by atoms with Gasteiger partial charge in [-0.15, -0.1) is 0 Å². The maximum absolute atomic E-state index is 13.1. The summed E-state index contributed by atoms with van der Waals surface area (Å²) >= 11 is 0. The van der Waals surface area contributed by atoms with Crippen LogP contribution in [0, 0.1) is 5.82 Å². The molecule has 0 atom stereocenters. The molecule has 1 aliphatic rings. The Labute approximate surface area is 87.2 Å². The fourth-order valence-electron chi connectivity index (χ4n) is 1.30. The summed E-state index contributed by atoms with van der Waals surface area (Å²) in [5.74, 6) is -0.533. The summed E-state index contributed by atoms with van der Waals surface area (Å²) in [7, 11) is 1.38. The van der Waals surface area contributed by atoms with Crippen molar-refractivity contribution in [2.45, 2.75) is 18.9 Å². The van der Waals surface area contributed by atoms with Gasteiger partial charge in [0.15, 0.2) is 11.6 Å². The zero-order chi connectivity index (χ0) is 10.8. The number of rotatable bonds is 3. The van der Waals surface area contributed by atoms with Crippen molar-refractivity contribution in [3.8, 4) is 5.75 Å². The van der Waals surface area contributed by atoms with E-state index in [1.54, 1.807) is 0 Å². The average molecular weight is 209 g/mol. The summed E-state index contributed by atoms with van der Waals surface area (Å²) in [5, 5.41) is 2.82. The summed E-state index contributed by atoms with van der Waals surface area (Å²) < 4.78 is 17.9. The van der Waals surface area contributed by atoms with E-state index in [1.807, 2.05) is 0 Å². The molecule has 0 unspecified atom stereocenters. The number of hydrogen-bond donors (Lipinski definition) is 1. The number of benzene rings is 1. The third-order valence-corrected chi connectivity index (χ3v) is 2.33. The van der Waals surface area contributed by atoms with Crippen molar-refractivity contribution in [2.75, 3.05) is 7.11 Å². The highest BCUT2D eigenvalue weighted by atomic mass is 19.1. The number of hydrogen-bond acceptors (Lipinski definition) is 2. The minimum absolute atomic E-state index is 0.0958. The lowest BCUT2D eigenvalue weighted by Crippen LogP contribution is -2.25. The van der Waals surface area contributed by atoms with Crippen molar-refractivity contribution in [2.24, 2.45) is 0 Å². The molecule has 15 heavy (non-hydrogen) atoms. The Kier molecular flexibility index (Phi) is 2.58. The van der Waals surface area contributed by atoms with Crippen molar-refractivity contribution < 1.29 is 13.9 Å². The fourth-order valence-corrected chi connectivity index (χ4v) is 1.30. The van der Waals surface area contributed by atoms with Crippen LogP contribution in [0.3, 0.4) is 0 Å². The van der Waals surface area contributed by atoms with Gasteiger partial charge in [0.1, 0.15) is 0 Å². The van der Waals surface area contributed by atoms with E-state index in [0.29, 0.717) is 11.6 Å². The average Bonchev–Trinajstić information content (AvgIpc) is 3.02. The van der Waals surface area contributed by atoms with Crippen LogP contribution in [-0.2, 0) is 0 Å². The molecule has 1 aliphatic carbocycles. The predicted octanol–water partition coefficient (Wildman–Crippen LogP) is 1.73. The molecule has 0 bridgehead atoms. The van der Waals surface area contributed by atoms with Gasteiger partial charge in [-0.1, -0.05) is 0 Å². The number of nitrogens with one attached hydrogen (secondary N) is 1. The Balaban J connectivity index is 2.16. The van der Waals surface area contributed by atoms with Gasteiger partial charge in [-0.2, -0.15) is 0 Å². The molecule has 1 aromatic carbocycles. The molecule has 4 heteroatoms. The predicted molar refractivity (Wildman–Crippen MR) is 53.4 cm³/mol.